The molecule has 0 saturated carbocycles. The summed E-state index contributed by atoms with van der Waals surface area (Å²) in [6.45, 7) is 11.2. The van der Waals surface area contributed by atoms with Crippen molar-refractivity contribution < 1.29 is 4.79 Å². The minimum atomic E-state index is 0.0601. The second kappa shape index (κ2) is 7.19. The van der Waals surface area contributed by atoms with Gasteiger partial charge in [0.2, 0.25) is 5.91 Å². The number of nitrogens with one attached hydrogen (secondary N) is 1. The van der Waals surface area contributed by atoms with Crippen LogP contribution in [0.3, 0.4) is 0 Å². The number of halogens is 1. The first-order chi connectivity index (χ1) is 8.95. The van der Waals surface area contributed by atoms with E-state index in [2.05, 4.69) is 11.9 Å². The first-order valence-electron chi connectivity index (χ1n) is 6.36. The molecular formula is C15H21ClN2O. The highest BCUT2D eigenvalue weighted by atomic mass is 35.5. The van der Waals surface area contributed by atoms with Gasteiger partial charge in [0, 0.05) is 23.8 Å². The largest absolute Gasteiger partial charge is 0.376 e. The molecule has 1 amide bonds. The number of rotatable bonds is 6. The number of benzene rings is 1. The van der Waals surface area contributed by atoms with Crippen LogP contribution in [0, 0.1) is 6.92 Å². The lowest BCUT2D eigenvalue weighted by Crippen LogP contribution is -2.36. The number of nitrogens with zero attached hydrogens (tertiary/aromatic N) is 1. The SMILES string of the molecule is C=C(C)CN(CC)C(=O)CNc1cccc(Cl)c1C. The summed E-state index contributed by atoms with van der Waals surface area (Å²) in [4.78, 5) is 13.8. The van der Waals surface area contributed by atoms with Gasteiger partial charge in [-0.15, -0.1) is 0 Å². The highest BCUT2D eigenvalue weighted by molar-refractivity contribution is 6.31. The summed E-state index contributed by atoms with van der Waals surface area (Å²) in [5.74, 6) is 0.0601. The Bertz CT molecular complexity index is 471. The van der Waals surface area contributed by atoms with E-state index in [0.29, 0.717) is 18.1 Å². The second-order valence-corrected chi connectivity index (χ2v) is 5.04. The average molecular weight is 281 g/mol. The predicted octanol–water partition coefficient (Wildman–Crippen LogP) is 3.48. The first kappa shape index (κ1) is 15.6. The van der Waals surface area contributed by atoms with Crippen molar-refractivity contribution in [1.29, 1.82) is 0 Å². The summed E-state index contributed by atoms with van der Waals surface area (Å²) in [6.07, 6.45) is 0. The van der Waals surface area contributed by atoms with Crippen molar-refractivity contribution in [2.45, 2.75) is 20.8 Å². The van der Waals surface area contributed by atoms with Crippen molar-refractivity contribution in [3.05, 3.63) is 40.9 Å². The molecule has 0 unspecified atom stereocenters. The van der Waals surface area contributed by atoms with Crippen molar-refractivity contribution in [3.63, 3.8) is 0 Å². The van der Waals surface area contributed by atoms with Crippen molar-refractivity contribution in [2.75, 3.05) is 25.0 Å². The van der Waals surface area contributed by atoms with E-state index in [0.717, 1.165) is 16.8 Å². The summed E-state index contributed by atoms with van der Waals surface area (Å²) in [7, 11) is 0. The Morgan fingerprint density at radius 1 is 1.47 bits per heavy atom. The molecule has 0 spiro atoms. The Morgan fingerprint density at radius 2 is 2.16 bits per heavy atom. The van der Waals surface area contributed by atoms with Crippen LogP contribution in [-0.4, -0.2) is 30.4 Å². The van der Waals surface area contributed by atoms with Crippen LogP contribution in [0.4, 0.5) is 5.69 Å². The van der Waals surface area contributed by atoms with Gasteiger partial charge in [0.25, 0.3) is 0 Å². The summed E-state index contributed by atoms with van der Waals surface area (Å²) < 4.78 is 0. The molecule has 0 saturated heterocycles. The van der Waals surface area contributed by atoms with Gasteiger partial charge in [-0.2, -0.15) is 0 Å². The molecule has 4 heteroatoms. The third-order valence-corrected chi connectivity index (χ3v) is 3.30. The number of hydrogen-bond acceptors (Lipinski definition) is 2. The lowest BCUT2D eigenvalue weighted by Gasteiger charge is -2.21. The fraction of sp³-hybridized carbons (Fsp3) is 0.400. The summed E-state index contributed by atoms with van der Waals surface area (Å²) >= 11 is 6.04. The third kappa shape index (κ3) is 4.60. The average Bonchev–Trinajstić information content (AvgIpc) is 2.37. The Balaban J connectivity index is 2.62. The van der Waals surface area contributed by atoms with Crippen LogP contribution in [-0.2, 0) is 4.79 Å². The standard InChI is InChI=1S/C15H21ClN2O/c1-5-18(10-11(2)3)15(19)9-17-14-8-6-7-13(16)12(14)4/h6-8,17H,2,5,9-10H2,1,3-4H3. The maximum atomic E-state index is 12.1. The minimum absolute atomic E-state index is 0.0601. The van der Waals surface area contributed by atoms with Crippen LogP contribution in [0.5, 0.6) is 0 Å². The van der Waals surface area contributed by atoms with E-state index in [1.54, 1.807) is 4.90 Å². The molecule has 1 rings (SSSR count). The van der Waals surface area contributed by atoms with Crippen LogP contribution >= 0.6 is 11.6 Å². The number of likely N-dealkylation sites (N-methyl/N-ethyl adjacent to an activating group) is 1. The molecule has 0 radical (unpaired) electrons. The molecule has 0 aromatic heterocycles. The smallest absolute Gasteiger partial charge is 0.242 e. The van der Waals surface area contributed by atoms with E-state index in [1.165, 1.54) is 0 Å². The van der Waals surface area contributed by atoms with Gasteiger partial charge < -0.3 is 10.2 Å². The molecule has 0 fully saturated rings. The zero-order chi connectivity index (χ0) is 14.4. The minimum Gasteiger partial charge on any atom is -0.376 e. The molecular weight excluding hydrogens is 260 g/mol. The van der Waals surface area contributed by atoms with E-state index in [9.17, 15) is 4.79 Å². The molecule has 0 heterocycles. The van der Waals surface area contributed by atoms with Crippen LogP contribution in [0.25, 0.3) is 0 Å². The van der Waals surface area contributed by atoms with Gasteiger partial charge in [0.05, 0.1) is 6.54 Å². The van der Waals surface area contributed by atoms with Crippen molar-refractivity contribution >= 4 is 23.2 Å². The molecule has 0 aliphatic heterocycles. The zero-order valence-electron chi connectivity index (χ0n) is 11.8. The van der Waals surface area contributed by atoms with Gasteiger partial charge in [0.1, 0.15) is 0 Å². The summed E-state index contributed by atoms with van der Waals surface area (Å²) in [5, 5.41) is 3.84. The van der Waals surface area contributed by atoms with Gasteiger partial charge in [-0.25, -0.2) is 0 Å². The molecule has 3 nitrogen and oxygen atoms in total. The van der Waals surface area contributed by atoms with Gasteiger partial charge in [0.15, 0.2) is 0 Å². The molecule has 104 valence electrons. The van der Waals surface area contributed by atoms with Crippen LogP contribution in [0.15, 0.2) is 30.4 Å². The fourth-order valence-electron chi connectivity index (χ4n) is 1.78. The predicted molar refractivity (Wildman–Crippen MR) is 81.7 cm³/mol. The zero-order valence-corrected chi connectivity index (χ0v) is 12.5. The maximum absolute atomic E-state index is 12.1. The van der Waals surface area contributed by atoms with Crippen molar-refractivity contribution in [2.24, 2.45) is 0 Å². The Kier molecular flexibility index (Phi) is 5.90. The Morgan fingerprint density at radius 3 is 2.74 bits per heavy atom. The Labute approximate surface area is 120 Å². The van der Waals surface area contributed by atoms with Gasteiger partial charge >= 0.3 is 0 Å². The Hall–Kier alpha value is -1.48. The molecule has 1 aromatic rings. The van der Waals surface area contributed by atoms with E-state index < -0.39 is 0 Å². The number of carbonyl (C=O) groups is 1. The lowest BCUT2D eigenvalue weighted by molar-refractivity contribution is -0.128. The molecule has 0 aliphatic rings. The van der Waals surface area contributed by atoms with Crippen molar-refractivity contribution in [3.8, 4) is 0 Å². The highest BCUT2D eigenvalue weighted by Gasteiger charge is 2.11. The molecule has 0 aliphatic carbocycles. The van der Waals surface area contributed by atoms with Gasteiger partial charge in [-0.05, 0) is 38.5 Å². The topological polar surface area (TPSA) is 32.3 Å². The first-order valence-corrected chi connectivity index (χ1v) is 6.74. The normalized spacial score (nSPS) is 10.1. The monoisotopic (exact) mass is 280 g/mol. The molecule has 1 N–H and O–H groups in total. The summed E-state index contributed by atoms with van der Waals surface area (Å²) in [5.41, 5.74) is 2.83. The van der Waals surface area contributed by atoms with E-state index in [1.807, 2.05) is 39.0 Å². The van der Waals surface area contributed by atoms with E-state index in [-0.39, 0.29) is 12.5 Å². The van der Waals surface area contributed by atoms with Crippen LogP contribution in [0.2, 0.25) is 5.02 Å². The second-order valence-electron chi connectivity index (χ2n) is 4.63. The molecule has 0 bridgehead atoms. The van der Waals surface area contributed by atoms with Crippen LogP contribution in [0.1, 0.15) is 19.4 Å². The number of carbonyl (C=O) groups excluding carboxylic acids is 1. The molecule has 1 aromatic carbocycles. The lowest BCUT2D eigenvalue weighted by atomic mass is 10.2. The summed E-state index contributed by atoms with van der Waals surface area (Å²) in [6, 6.07) is 5.63. The van der Waals surface area contributed by atoms with Gasteiger partial charge in [-0.3, -0.25) is 4.79 Å². The van der Waals surface area contributed by atoms with E-state index in [4.69, 9.17) is 11.6 Å². The number of amides is 1. The van der Waals surface area contributed by atoms with Crippen molar-refractivity contribution in [1.82, 2.24) is 4.90 Å². The molecule has 19 heavy (non-hydrogen) atoms. The maximum Gasteiger partial charge on any atom is 0.242 e. The van der Waals surface area contributed by atoms with E-state index >= 15 is 0 Å². The highest BCUT2D eigenvalue weighted by Crippen LogP contribution is 2.22. The quantitative estimate of drug-likeness (QED) is 0.809. The van der Waals surface area contributed by atoms with Gasteiger partial charge in [-0.1, -0.05) is 29.8 Å². The third-order valence-electron chi connectivity index (χ3n) is 2.89. The number of anilines is 1. The van der Waals surface area contributed by atoms with Crippen LogP contribution < -0.4 is 5.32 Å². The number of hydrogen-bond donors (Lipinski definition) is 1. The fourth-order valence-corrected chi connectivity index (χ4v) is 1.96. The molecule has 0 atom stereocenters.